The first-order valence-electron chi connectivity index (χ1n) is 5.32. The standard InChI is InChI=1S/C14H11PS2/c15-11-5-1-4-10(12-6-2-8-16-12)14(11)13-7-3-9-17-13/h1-9H,15H2. The lowest BCUT2D eigenvalue weighted by Crippen LogP contribution is -1.97. The van der Waals surface area contributed by atoms with E-state index in [1.54, 1.807) is 22.7 Å². The van der Waals surface area contributed by atoms with Gasteiger partial charge in [0.15, 0.2) is 0 Å². The van der Waals surface area contributed by atoms with E-state index in [0.29, 0.717) is 0 Å². The van der Waals surface area contributed by atoms with Gasteiger partial charge >= 0.3 is 0 Å². The third-order valence-corrected chi connectivity index (χ3v) is 4.92. The van der Waals surface area contributed by atoms with Crippen molar-refractivity contribution in [3.8, 4) is 20.9 Å². The van der Waals surface area contributed by atoms with Gasteiger partial charge in [0.1, 0.15) is 0 Å². The molecule has 84 valence electrons. The number of hydrogen-bond donors (Lipinski definition) is 0. The van der Waals surface area contributed by atoms with Gasteiger partial charge in [0.2, 0.25) is 0 Å². The largest absolute Gasteiger partial charge is 0.144 e. The smallest absolute Gasteiger partial charge is 0.0355 e. The molecule has 0 N–H and O–H groups in total. The van der Waals surface area contributed by atoms with Crippen LogP contribution in [-0.4, -0.2) is 0 Å². The molecule has 0 aliphatic heterocycles. The quantitative estimate of drug-likeness (QED) is 0.597. The molecule has 1 aromatic carbocycles. The molecule has 0 aliphatic rings. The minimum atomic E-state index is 1.26. The lowest BCUT2D eigenvalue weighted by atomic mass is 10.0. The van der Waals surface area contributed by atoms with Gasteiger partial charge in [-0.3, -0.25) is 0 Å². The monoisotopic (exact) mass is 274 g/mol. The van der Waals surface area contributed by atoms with Crippen LogP contribution in [0.4, 0.5) is 0 Å². The topological polar surface area (TPSA) is 0 Å². The fourth-order valence-electron chi connectivity index (χ4n) is 1.90. The van der Waals surface area contributed by atoms with Crippen LogP contribution in [0.5, 0.6) is 0 Å². The van der Waals surface area contributed by atoms with Crippen molar-refractivity contribution in [1.82, 2.24) is 0 Å². The predicted octanol–water partition coefficient (Wildman–Crippen LogP) is 4.64. The van der Waals surface area contributed by atoms with E-state index in [2.05, 4.69) is 62.5 Å². The first kappa shape index (κ1) is 11.2. The Morgan fingerprint density at radius 3 is 2.12 bits per heavy atom. The van der Waals surface area contributed by atoms with E-state index in [-0.39, 0.29) is 0 Å². The minimum Gasteiger partial charge on any atom is -0.144 e. The minimum absolute atomic E-state index is 1.26. The predicted molar refractivity (Wildman–Crippen MR) is 82.4 cm³/mol. The summed E-state index contributed by atoms with van der Waals surface area (Å²) in [6.07, 6.45) is 0. The Labute approximate surface area is 111 Å². The van der Waals surface area contributed by atoms with Crippen LogP contribution in [0.15, 0.2) is 53.2 Å². The van der Waals surface area contributed by atoms with Gasteiger partial charge in [-0.25, -0.2) is 0 Å². The summed E-state index contributed by atoms with van der Waals surface area (Å²) in [5.41, 5.74) is 2.67. The summed E-state index contributed by atoms with van der Waals surface area (Å²) in [6.45, 7) is 0. The second-order valence-electron chi connectivity index (χ2n) is 3.72. The Hall–Kier alpha value is -0.950. The Balaban J connectivity index is 2.26. The zero-order valence-corrected chi connectivity index (χ0v) is 11.9. The van der Waals surface area contributed by atoms with Crippen LogP contribution >= 0.6 is 31.9 Å². The third-order valence-electron chi connectivity index (χ3n) is 2.65. The maximum atomic E-state index is 2.84. The second kappa shape index (κ2) is 4.73. The van der Waals surface area contributed by atoms with Crippen molar-refractivity contribution in [2.24, 2.45) is 0 Å². The molecule has 0 fully saturated rings. The van der Waals surface area contributed by atoms with Gasteiger partial charge in [0, 0.05) is 20.9 Å². The molecule has 0 amide bonds. The van der Waals surface area contributed by atoms with Gasteiger partial charge in [0.25, 0.3) is 0 Å². The molecule has 0 spiro atoms. The van der Waals surface area contributed by atoms with Crippen LogP contribution in [0.25, 0.3) is 20.9 Å². The molecule has 0 bridgehead atoms. The first-order valence-corrected chi connectivity index (χ1v) is 7.66. The van der Waals surface area contributed by atoms with E-state index < -0.39 is 0 Å². The molecule has 0 radical (unpaired) electrons. The van der Waals surface area contributed by atoms with E-state index in [1.807, 2.05) is 0 Å². The van der Waals surface area contributed by atoms with Crippen molar-refractivity contribution in [2.75, 3.05) is 0 Å². The normalized spacial score (nSPS) is 10.6. The summed E-state index contributed by atoms with van der Waals surface area (Å²) >= 11 is 3.58. The van der Waals surface area contributed by atoms with Crippen molar-refractivity contribution in [1.29, 1.82) is 0 Å². The number of hydrogen-bond acceptors (Lipinski definition) is 2. The zero-order chi connectivity index (χ0) is 11.7. The van der Waals surface area contributed by atoms with Crippen molar-refractivity contribution in [2.45, 2.75) is 0 Å². The Morgan fingerprint density at radius 2 is 1.47 bits per heavy atom. The Morgan fingerprint density at radius 1 is 0.765 bits per heavy atom. The summed E-state index contributed by atoms with van der Waals surface area (Å²) in [4.78, 5) is 2.66. The van der Waals surface area contributed by atoms with Crippen molar-refractivity contribution in [3.63, 3.8) is 0 Å². The number of benzene rings is 1. The van der Waals surface area contributed by atoms with Crippen LogP contribution in [0.1, 0.15) is 0 Å². The summed E-state index contributed by atoms with van der Waals surface area (Å²) in [7, 11) is 2.84. The molecular weight excluding hydrogens is 263 g/mol. The molecule has 0 saturated carbocycles. The summed E-state index contributed by atoms with van der Waals surface area (Å²) in [5, 5.41) is 5.52. The number of rotatable bonds is 2. The molecule has 17 heavy (non-hydrogen) atoms. The first-order chi connectivity index (χ1) is 8.36. The summed E-state index contributed by atoms with van der Waals surface area (Å²) in [6, 6.07) is 15.1. The van der Waals surface area contributed by atoms with Gasteiger partial charge in [-0.1, -0.05) is 30.3 Å². The molecule has 0 saturated heterocycles. The van der Waals surface area contributed by atoms with Crippen LogP contribution in [0, 0.1) is 0 Å². The van der Waals surface area contributed by atoms with Gasteiger partial charge in [0.05, 0.1) is 0 Å². The summed E-state index contributed by atoms with van der Waals surface area (Å²) in [5.74, 6) is 0. The van der Waals surface area contributed by atoms with E-state index in [1.165, 1.54) is 26.2 Å². The highest BCUT2D eigenvalue weighted by atomic mass is 32.1. The molecule has 3 aromatic rings. The SMILES string of the molecule is Pc1cccc(-c2cccs2)c1-c1cccs1. The molecule has 3 heteroatoms. The van der Waals surface area contributed by atoms with Gasteiger partial charge in [-0.2, -0.15) is 0 Å². The van der Waals surface area contributed by atoms with E-state index in [0.717, 1.165) is 0 Å². The molecular formula is C14H11PS2. The molecule has 1 atom stereocenters. The molecule has 2 heterocycles. The average Bonchev–Trinajstić information content (AvgIpc) is 3.02. The van der Waals surface area contributed by atoms with Crippen LogP contribution in [0.3, 0.4) is 0 Å². The van der Waals surface area contributed by atoms with E-state index in [4.69, 9.17) is 0 Å². The highest BCUT2D eigenvalue weighted by Gasteiger charge is 2.11. The molecule has 0 nitrogen and oxygen atoms in total. The lowest BCUT2D eigenvalue weighted by Gasteiger charge is -2.09. The van der Waals surface area contributed by atoms with Crippen LogP contribution in [-0.2, 0) is 0 Å². The fraction of sp³-hybridized carbons (Fsp3) is 0. The van der Waals surface area contributed by atoms with Gasteiger partial charge in [-0.05, 0) is 28.2 Å². The highest BCUT2D eigenvalue weighted by molar-refractivity contribution is 7.28. The van der Waals surface area contributed by atoms with Crippen LogP contribution < -0.4 is 5.30 Å². The Kier molecular flexibility index (Phi) is 3.11. The van der Waals surface area contributed by atoms with Crippen molar-refractivity contribution in [3.05, 3.63) is 53.2 Å². The lowest BCUT2D eigenvalue weighted by molar-refractivity contribution is 1.73. The van der Waals surface area contributed by atoms with Crippen LogP contribution in [0.2, 0.25) is 0 Å². The molecule has 0 aliphatic carbocycles. The highest BCUT2D eigenvalue weighted by Crippen LogP contribution is 2.36. The third kappa shape index (κ3) is 2.09. The number of thiophene rings is 2. The van der Waals surface area contributed by atoms with Crippen molar-refractivity contribution >= 4 is 37.2 Å². The zero-order valence-electron chi connectivity index (χ0n) is 9.09. The average molecular weight is 274 g/mol. The summed E-state index contributed by atoms with van der Waals surface area (Å²) < 4.78 is 0. The van der Waals surface area contributed by atoms with Gasteiger partial charge in [-0.15, -0.1) is 31.9 Å². The maximum Gasteiger partial charge on any atom is 0.0355 e. The van der Waals surface area contributed by atoms with E-state index >= 15 is 0 Å². The van der Waals surface area contributed by atoms with E-state index in [9.17, 15) is 0 Å². The molecule has 2 aromatic heterocycles. The van der Waals surface area contributed by atoms with Crippen molar-refractivity contribution < 1.29 is 0 Å². The second-order valence-corrected chi connectivity index (χ2v) is 6.24. The molecule has 3 rings (SSSR count). The maximum absolute atomic E-state index is 2.84. The fourth-order valence-corrected chi connectivity index (χ4v) is 3.99. The molecule has 1 unspecified atom stereocenters. The Bertz CT molecular complexity index is 610. The van der Waals surface area contributed by atoms with Gasteiger partial charge < -0.3 is 0 Å².